The van der Waals surface area contributed by atoms with Gasteiger partial charge in [0.1, 0.15) is 0 Å². The van der Waals surface area contributed by atoms with Crippen LogP contribution in [0.15, 0.2) is 0 Å². The van der Waals surface area contributed by atoms with E-state index in [9.17, 15) is 0 Å². The van der Waals surface area contributed by atoms with E-state index < -0.39 is 0 Å². The highest BCUT2D eigenvalue weighted by atomic mass is 16.9. The van der Waals surface area contributed by atoms with E-state index in [0.717, 1.165) is 39.1 Å². The van der Waals surface area contributed by atoms with E-state index in [2.05, 4.69) is 0 Å². The molecule has 0 aromatic heterocycles. The quantitative estimate of drug-likeness (QED) is 0.357. The summed E-state index contributed by atoms with van der Waals surface area (Å²) in [4.78, 5) is 16.3. The zero-order valence-corrected chi connectivity index (χ0v) is 12.9. The molecule has 0 rings (SSSR count). The molecule has 0 heterocycles. The lowest BCUT2D eigenvalue weighted by Crippen LogP contribution is -2.31. The summed E-state index contributed by atoms with van der Waals surface area (Å²) in [7, 11) is 1.72. The Morgan fingerprint density at radius 2 is 1.32 bits per heavy atom. The van der Waals surface area contributed by atoms with E-state index >= 15 is 0 Å². The Bertz CT molecular complexity index is 178. The Balaban J connectivity index is 3.81. The maximum atomic E-state index is 5.57. The van der Waals surface area contributed by atoms with Crippen LogP contribution >= 0.6 is 0 Å². The SMILES string of the molecule is CCON(CCCOC)CCCN(OCC)OCC. The van der Waals surface area contributed by atoms with Crippen molar-refractivity contribution in [3.8, 4) is 0 Å². The molecule has 6 nitrogen and oxygen atoms in total. The molecule has 116 valence electrons. The highest BCUT2D eigenvalue weighted by Gasteiger charge is 2.08. The molecule has 0 amide bonds. The van der Waals surface area contributed by atoms with E-state index in [1.807, 2.05) is 25.8 Å². The fourth-order valence-electron chi connectivity index (χ4n) is 1.64. The van der Waals surface area contributed by atoms with Crippen LogP contribution in [0.3, 0.4) is 0 Å². The monoisotopic (exact) mass is 278 g/mol. The molecule has 0 fully saturated rings. The molecule has 0 unspecified atom stereocenters. The zero-order chi connectivity index (χ0) is 14.3. The molecule has 0 aromatic rings. The molecule has 0 aliphatic rings. The van der Waals surface area contributed by atoms with Crippen LogP contribution < -0.4 is 0 Å². The van der Waals surface area contributed by atoms with E-state index in [1.165, 1.54) is 0 Å². The van der Waals surface area contributed by atoms with Crippen molar-refractivity contribution in [1.82, 2.24) is 10.3 Å². The van der Waals surface area contributed by atoms with Gasteiger partial charge in [0.05, 0.1) is 26.4 Å². The first-order valence-electron chi connectivity index (χ1n) is 7.18. The molecule has 0 saturated heterocycles. The van der Waals surface area contributed by atoms with Gasteiger partial charge >= 0.3 is 0 Å². The minimum atomic E-state index is 0.614. The highest BCUT2D eigenvalue weighted by Crippen LogP contribution is 2.00. The first-order valence-corrected chi connectivity index (χ1v) is 7.18. The van der Waals surface area contributed by atoms with Gasteiger partial charge in [0.15, 0.2) is 0 Å². The molecule has 0 aliphatic heterocycles. The average molecular weight is 278 g/mol. The summed E-state index contributed by atoms with van der Waals surface area (Å²) < 4.78 is 5.05. The van der Waals surface area contributed by atoms with Gasteiger partial charge in [0, 0.05) is 26.8 Å². The minimum Gasteiger partial charge on any atom is -0.385 e. The van der Waals surface area contributed by atoms with Gasteiger partial charge in [-0.25, -0.2) is 0 Å². The lowest BCUT2D eigenvalue weighted by atomic mass is 10.4. The fraction of sp³-hybridized carbons (Fsp3) is 1.00. The van der Waals surface area contributed by atoms with Crippen LogP contribution in [-0.4, -0.2) is 63.5 Å². The molecule has 0 bridgehead atoms. The van der Waals surface area contributed by atoms with Gasteiger partial charge in [-0.2, -0.15) is 5.06 Å². The number of hydroxylamine groups is 4. The number of methoxy groups -OCH3 is 1. The predicted molar refractivity (Wildman–Crippen MR) is 74.3 cm³/mol. The molecule has 0 atom stereocenters. The molecule has 19 heavy (non-hydrogen) atoms. The van der Waals surface area contributed by atoms with E-state index in [1.54, 1.807) is 12.3 Å². The van der Waals surface area contributed by atoms with Gasteiger partial charge in [0.2, 0.25) is 0 Å². The summed E-state index contributed by atoms with van der Waals surface area (Å²) in [5, 5.41) is 3.54. The van der Waals surface area contributed by atoms with Crippen molar-refractivity contribution < 1.29 is 19.2 Å². The minimum absolute atomic E-state index is 0.614. The molecule has 0 aromatic carbocycles. The van der Waals surface area contributed by atoms with Crippen LogP contribution in [0, 0.1) is 0 Å². The Kier molecular flexibility index (Phi) is 14.0. The molecular formula is C13H30N2O4. The second-order valence-electron chi connectivity index (χ2n) is 3.94. The highest BCUT2D eigenvalue weighted by molar-refractivity contribution is 4.49. The first kappa shape index (κ1) is 18.8. The normalized spacial score (nSPS) is 11.7. The Labute approximate surface area is 117 Å². The molecular weight excluding hydrogens is 248 g/mol. The molecule has 0 radical (unpaired) electrons. The summed E-state index contributed by atoms with van der Waals surface area (Å²) in [6, 6.07) is 0. The summed E-state index contributed by atoms with van der Waals surface area (Å²) >= 11 is 0. The van der Waals surface area contributed by atoms with Gasteiger partial charge in [-0.15, -0.1) is 0 Å². The summed E-state index contributed by atoms with van der Waals surface area (Å²) in [5.74, 6) is 0. The van der Waals surface area contributed by atoms with E-state index in [4.69, 9.17) is 19.2 Å². The van der Waals surface area contributed by atoms with Crippen molar-refractivity contribution in [2.24, 2.45) is 0 Å². The van der Waals surface area contributed by atoms with Crippen molar-refractivity contribution in [2.75, 3.05) is 53.2 Å². The molecule has 0 saturated carbocycles. The number of nitrogens with zero attached hydrogens (tertiary/aromatic N) is 2. The smallest absolute Gasteiger partial charge is 0.0683 e. The lowest BCUT2D eigenvalue weighted by molar-refractivity contribution is -0.365. The van der Waals surface area contributed by atoms with Crippen LogP contribution in [0.25, 0.3) is 0 Å². The molecule has 0 aliphatic carbocycles. The Hall–Kier alpha value is -0.240. The summed E-state index contributed by atoms with van der Waals surface area (Å²) in [6.07, 6.45) is 1.89. The van der Waals surface area contributed by atoms with Crippen molar-refractivity contribution >= 4 is 0 Å². The topological polar surface area (TPSA) is 43.4 Å². The van der Waals surface area contributed by atoms with Gasteiger partial charge in [0.25, 0.3) is 0 Å². The fourth-order valence-corrected chi connectivity index (χ4v) is 1.64. The number of hydrogen-bond acceptors (Lipinski definition) is 6. The van der Waals surface area contributed by atoms with Crippen LogP contribution in [0.2, 0.25) is 0 Å². The third-order valence-electron chi connectivity index (χ3n) is 2.36. The maximum Gasteiger partial charge on any atom is 0.0683 e. The third kappa shape index (κ3) is 11.3. The van der Waals surface area contributed by atoms with Crippen LogP contribution in [0.5, 0.6) is 0 Å². The summed E-state index contributed by atoms with van der Waals surface area (Å²) in [6.45, 7) is 11.0. The molecule has 0 N–H and O–H groups in total. The van der Waals surface area contributed by atoms with Crippen LogP contribution in [0.4, 0.5) is 0 Å². The Morgan fingerprint density at radius 3 is 1.84 bits per heavy atom. The third-order valence-corrected chi connectivity index (χ3v) is 2.36. The standard InChI is InChI=1S/C13H30N2O4/c1-5-17-14(11-9-13-16-4)10-8-12-15(18-6-2)19-7-3/h5-13H2,1-4H3. The second kappa shape index (κ2) is 14.2. The summed E-state index contributed by atoms with van der Waals surface area (Å²) in [5.41, 5.74) is 0. The number of rotatable bonds is 14. The number of ether oxygens (including phenoxy) is 1. The van der Waals surface area contributed by atoms with Gasteiger partial charge in [-0.3, -0.25) is 14.5 Å². The Morgan fingerprint density at radius 1 is 0.737 bits per heavy atom. The first-order chi connectivity index (χ1) is 9.28. The van der Waals surface area contributed by atoms with Gasteiger partial charge < -0.3 is 4.74 Å². The lowest BCUT2D eigenvalue weighted by Gasteiger charge is -2.23. The second-order valence-corrected chi connectivity index (χ2v) is 3.94. The van der Waals surface area contributed by atoms with Crippen LogP contribution in [0.1, 0.15) is 33.6 Å². The van der Waals surface area contributed by atoms with E-state index in [-0.39, 0.29) is 0 Å². The van der Waals surface area contributed by atoms with E-state index in [0.29, 0.717) is 19.8 Å². The van der Waals surface area contributed by atoms with Crippen molar-refractivity contribution in [3.05, 3.63) is 0 Å². The average Bonchev–Trinajstić information content (AvgIpc) is 2.39. The predicted octanol–water partition coefficient (Wildman–Crippen LogP) is 1.87. The van der Waals surface area contributed by atoms with Gasteiger partial charge in [-0.1, -0.05) is 5.23 Å². The van der Waals surface area contributed by atoms with Crippen molar-refractivity contribution in [3.63, 3.8) is 0 Å². The zero-order valence-electron chi connectivity index (χ0n) is 12.9. The molecule has 0 spiro atoms. The van der Waals surface area contributed by atoms with Crippen molar-refractivity contribution in [1.29, 1.82) is 0 Å². The van der Waals surface area contributed by atoms with Crippen molar-refractivity contribution in [2.45, 2.75) is 33.6 Å². The van der Waals surface area contributed by atoms with Crippen LogP contribution in [-0.2, 0) is 19.2 Å². The molecule has 6 heteroatoms. The maximum absolute atomic E-state index is 5.57. The number of hydrogen-bond donors (Lipinski definition) is 0. The van der Waals surface area contributed by atoms with Gasteiger partial charge in [-0.05, 0) is 33.6 Å². The largest absolute Gasteiger partial charge is 0.385 e.